The molecule has 6 heteroatoms. The number of carbonyl (C=O) groups excluding carboxylic acids is 1. The predicted molar refractivity (Wildman–Crippen MR) is 68.3 cm³/mol. The SMILES string of the molecule is CCCC1CC1NC(=O)c1nnc(NCC)s1. The molecule has 17 heavy (non-hydrogen) atoms. The third kappa shape index (κ3) is 3.15. The van der Waals surface area contributed by atoms with Crippen LogP contribution in [0, 0.1) is 5.92 Å². The molecule has 0 spiro atoms. The van der Waals surface area contributed by atoms with Gasteiger partial charge in [0.25, 0.3) is 5.91 Å². The first-order chi connectivity index (χ1) is 8.24. The summed E-state index contributed by atoms with van der Waals surface area (Å²) in [5, 5.41) is 15.0. The second-order valence-electron chi connectivity index (χ2n) is 4.31. The highest BCUT2D eigenvalue weighted by Crippen LogP contribution is 2.34. The summed E-state index contributed by atoms with van der Waals surface area (Å²) in [6, 6.07) is 0.355. The first-order valence-corrected chi connectivity index (χ1v) is 6.94. The summed E-state index contributed by atoms with van der Waals surface area (Å²) < 4.78 is 0. The van der Waals surface area contributed by atoms with Crippen molar-refractivity contribution in [3.8, 4) is 0 Å². The molecule has 0 saturated heterocycles. The van der Waals surface area contributed by atoms with E-state index in [0.717, 1.165) is 13.0 Å². The summed E-state index contributed by atoms with van der Waals surface area (Å²) in [5.74, 6) is 0.584. The Hall–Kier alpha value is -1.17. The van der Waals surface area contributed by atoms with Gasteiger partial charge >= 0.3 is 0 Å². The molecule has 0 radical (unpaired) electrons. The predicted octanol–water partition coefficient (Wildman–Crippen LogP) is 1.89. The molecule has 1 aliphatic carbocycles. The first kappa shape index (κ1) is 12.3. The van der Waals surface area contributed by atoms with Gasteiger partial charge in [0.1, 0.15) is 0 Å². The molecule has 1 aliphatic rings. The Balaban J connectivity index is 1.83. The van der Waals surface area contributed by atoms with Crippen molar-refractivity contribution >= 4 is 22.4 Å². The molecule has 2 unspecified atom stereocenters. The molecular formula is C11H18N4OS. The lowest BCUT2D eigenvalue weighted by Crippen LogP contribution is -2.26. The third-order valence-corrected chi connectivity index (χ3v) is 3.73. The van der Waals surface area contributed by atoms with Crippen molar-refractivity contribution in [3.63, 3.8) is 0 Å². The summed E-state index contributed by atoms with van der Waals surface area (Å²) in [6.45, 7) is 4.95. The smallest absolute Gasteiger partial charge is 0.282 e. The van der Waals surface area contributed by atoms with Crippen molar-refractivity contribution in [3.05, 3.63) is 5.01 Å². The molecule has 5 nitrogen and oxygen atoms in total. The van der Waals surface area contributed by atoms with E-state index in [1.165, 1.54) is 24.2 Å². The van der Waals surface area contributed by atoms with Crippen molar-refractivity contribution in [1.29, 1.82) is 0 Å². The lowest BCUT2D eigenvalue weighted by atomic mass is 10.2. The van der Waals surface area contributed by atoms with Gasteiger partial charge in [-0.1, -0.05) is 24.7 Å². The first-order valence-electron chi connectivity index (χ1n) is 6.12. The van der Waals surface area contributed by atoms with Crippen LogP contribution in [-0.4, -0.2) is 28.7 Å². The fourth-order valence-electron chi connectivity index (χ4n) is 1.88. The summed E-state index contributed by atoms with van der Waals surface area (Å²) >= 11 is 1.30. The van der Waals surface area contributed by atoms with E-state index in [1.54, 1.807) is 0 Å². The van der Waals surface area contributed by atoms with Gasteiger partial charge in [0.05, 0.1) is 0 Å². The van der Waals surface area contributed by atoms with Crippen LogP contribution in [0.15, 0.2) is 0 Å². The molecule has 1 fully saturated rings. The van der Waals surface area contributed by atoms with Crippen LogP contribution in [0.3, 0.4) is 0 Å². The van der Waals surface area contributed by atoms with Crippen molar-refractivity contribution < 1.29 is 4.79 Å². The number of amides is 1. The standard InChI is InChI=1S/C11H18N4OS/c1-3-5-7-6-8(7)13-9(16)10-14-15-11(17-10)12-4-2/h7-8H,3-6H2,1-2H3,(H,12,15)(H,13,16). The van der Waals surface area contributed by atoms with Crippen LogP contribution in [0.4, 0.5) is 5.13 Å². The fourth-order valence-corrected chi connectivity index (χ4v) is 2.60. The van der Waals surface area contributed by atoms with Gasteiger partial charge in [-0.2, -0.15) is 0 Å². The monoisotopic (exact) mass is 254 g/mol. The zero-order chi connectivity index (χ0) is 12.3. The molecular weight excluding hydrogens is 236 g/mol. The maximum absolute atomic E-state index is 11.8. The largest absolute Gasteiger partial charge is 0.360 e. The average Bonchev–Trinajstić information content (AvgIpc) is 2.86. The van der Waals surface area contributed by atoms with Gasteiger partial charge in [-0.25, -0.2) is 0 Å². The number of hydrogen-bond donors (Lipinski definition) is 2. The molecule has 1 heterocycles. The van der Waals surface area contributed by atoms with Gasteiger partial charge in [0.15, 0.2) is 0 Å². The molecule has 0 bridgehead atoms. The van der Waals surface area contributed by atoms with Crippen molar-refractivity contribution in [1.82, 2.24) is 15.5 Å². The van der Waals surface area contributed by atoms with E-state index in [-0.39, 0.29) is 5.91 Å². The maximum Gasteiger partial charge on any atom is 0.282 e. The lowest BCUT2D eigenvalue weighted by Gasteiger charge is -2.00. The van der Waals surface area contributed by atoms with Gasteiger partial charge in [-0.3, -0.25) is 4.79 Å². The third-order valence-electron chi connectivity index (χ3n) is 2.85. The summed E-state index contributed by atoms with van der Waals surface area (Å²) in [5.41, 5.74) is 0. The Morgan fingerprint density at radius 2 is 2.29 bits per heavy atom. The number of anilines is 1. The summed E-state index contributed by atoms with van der Waals surface area (Å²) in [6.07, 6.45) is 3.49. The highest BCUT2D eigenvalue weighted by Gasteiger charge is 2.37. The molecule has 1 amide bonds. The van der Waals surface area contributed by atoms with E-state index in [4.69, 9.17) is 0 Å². The van der Waals surface area contributed by atoms with Crippen LogP contribution in [0.5, 0.6) is 0 Å². The van der Waals surface area contributed by atoms with Crippen LogP contribution >= 0.6 is 11.3 Å². The molecule has 0 aliphatic heterocycles. The van der Waals surface area contributed by atoms with Crippen LogP contribution in [0.25, 0.3) is 0 Å². The van der Waals surface area contributed by atoms with Gasteiger partial charge in [0.2, 0.25) is 10.1 Å². The molecule has 1 aromatic rings. The van der Waals surface area contributed by atoms with Crippen LogP contribution in [0.1, 0.15) is 42.9 Å². The minimum absolute atomic E-state index is 0.0877. The number of hydrogen-bond acceptors (Lipinski definition) is 5. The molecule has 1 aromatic heterocycles. The van der Waals surface area contributed by atoms with Gasteiger partial charge in [0, 0.05) is 12.6 Å². The van der Waals surface area contributed by atoms with Crippen molar-refractivity contribution in [2.45, 2.75) is 39.2 Å². The van der Waals surface area contributed by atoms with E-state index in [9.17, 15) is 4.79 Å². The zero-order valence-electron chi connectivity index (χ0n) is 10.2. The lowest BCUT2D eigenvalue weighted by molar-refractivity contribution is 0.0947. The zero-order valence-corrected chi connectivity index (χ0v) is 11.0. The fraction of sp³-hybridized carbons (Fsp3) is 0.727. The molecule has 2 atom stereocenters. The van der Waals surface area contributed by atoms with Crippen molar-refractivity contribution in [2.75, 3.05) is 11.9 Å². The Morgan fingerprint density at radius 1 is 1.47 bits per heavy atom. The van der Waals surface area contributed by atoms with Gasteiger partial charge in [-0.05, 0) is 25.7 Å². The maximum atomic E-state index is 11.8. The molecule has 2 rings (SSSR count). The summed E-state index contributed by atoms with van der Waals surface area (Å²) in [7, 11) is 0. The average molecular weight is 254 g/mol. The number of carbonyl (C=O) groups is 1. The highest BCUT2D eigenvalue weighted by molar-refractivity contribution is 7.17. The molecule has 0 aromatic carbocycles. The quantitative estimate of drug-likeness (QED) is 0.813. The van der Waals surface area contributed by atoms with Crippen molar-refractivity contribution in [2.24, 2.45) is 5.92 Å². The normalized spacial score (nSPS) is 22.2. The van der Waals surface area contributed by atoms with Gasteiger partial charge < -0.3 is 10.6 Å². The van der Waals surface area contributed by atoms with Crippen LogP contribution < -0.4 is 10.6 Å². The molecule has 94 valence electrons. The second-order valence-corrected chi connectivity index (χ2v) is 5.28. The Kier molecular flexibility index (Phi) is 3.93. The number of rotatable bonds is 6. The Bertz CT molecular complexity index is 393. The van der Waals surface area contributed by atoms with Crippen LogP contribution in [-0.2, 0) is 0 Å². The van der Waals surface area contributed by atoms with Crippen LogP contribution in [0.2, 0.25) is 0 Å². The van der Waals surface area contributed by atoms with E-state index in [0.29, 0.717) is 22.1 Å². The minimum Gasteiger partial charge on any atom is -0.360 e. The summed E-state index contributed by atoms with van der Waals surface area (Å²) in [4.78, 5) is 11.8. The molecule has 2 N–H and O–H groups in total. The second kappa shape index (κ2) is 5.44. The minimum atomic E-state index is -0.0877. The highest BCUT2D eigenvalue weighted by atomic mass is 32.1. The topological polar surface area (TPSA) is 66.9 Å². The van der Waals surface area contributed by atoms with E-state index >= 15 is 0 Å². The van der Waals surface area contributed by atoms with Gasteiger partial charge in [-0.15, -0.1) is 10.2 Å². The number of nitrogens with zero attached hydrogens (tertiary/aromatic N) is 2. The Labute approximate surface area is 105 Å². The Morgan fingerprint density at radius 3 is 3.00 bits per heavy atom. The van der Waals surface area contributed by atoms with E-state index in [2.05, 4.69) is 27.8 Å². The van der Waals surface area contributed by atoms with E-state index in [1.807, 2.05) is 6.92 Å². The number of aromatic nitrogens is 2. The van der Waals surface area contributed by atoms with E-state index < -0.39 is 0 Å². The molecule has 1 saturated carbocycles. The number of nitrogens with one attached hydrogen (secondary N) is 2.